The molecule has 2 aliphatic rings. The molecule has 166 valence electrons. The van der Waals surface area contributed by atoms with Crippen LogP contribution in [-0.4, -0.2) is 75.6 Å². The van der Waals surface area contributed by atoms with Crippen LogP contribution >= 0.6 is 0 Å². The molecule has 2 amide bonds. The van der Waals surface area contributed by atoms with Crippen molar-refractivity contribution in [1.29, 1.82) is 0 Å². The number of hydrogen-bond donors (Lipinski definition) is 0. The third-order valence-corrected chi connectivity index (χ3v) is 6.47. The summed E-state index contributed by atoms with van der Waals surface area (Å²) in [5.41, 5.74) is 1.33. The van der Waals surface area contributed by atoms with Gasteiger partial charge in [-0.25, -0.2) is 0 Å². The van der Waals surface area contributed by atoms with E-state index in [-0.39, 0.29) is 11.8 Å². The second kappa shape index (κ2) is 10.6. The number of carbonyl (C=O) groups is 2. The maximum Gasteiger partial charge on any atom is 0.244 e. The average Bonchev–Trinajstić information content (AvgIpc) is 3.32. The largest absolute Gasteiger partial charge is 0.341 e. The molecular formula is C24H33N5O2. The summed E-state index contributed by atoms with van der Waals surface area (Å²) >= 11 is 0. The van der Waals surface area contributed by atoms with Gasteiger partial charge in [0, 0.05) is 64.6 Å². The molecule has 0 bridgehead atoms. The minimum Gasteiger partial charge on any atom is -0.341 e. The summed E-state index contributed by atoms with van der Waals surface area (Å²) in [5, 5.41) is 4.13. The van der Waals surface area contributed by atoms with Crippen LogP contribution in [0.3, 0.4) is 0 Å². The summed E-state index contributed by atoms with van der Waals surface area (Å²) < 4.78 is 1.67. The molecule has 1 aromatic heterocycles. The lowest BCUT2D eigenvalue weighted by molar-refractivity contribution is -0.134. The van der Waals surface area contributed by atoms with Gasteiger partial charge in [-0.2, -0.15) is 5.10 Å². The highest BCUT2D eigenvalue weighted by Crippen LogP contribution is 2.22. The topological polar surface area (TPSA) is 61.7 Å². The van der Waals surface area contributed by atoms with Gasteiger partial charge in [0.25, 0.3) is 0 Å². The van der Waals surface area contributed by atoms with E-state index in [1.54, 1.807) is 10.9 Å². The Hall–Kier alpha value is -2.67. The fourth-order valence-corrected chi connectivity index (χ4v) is 4.64. The first-order valence-electron chi connectivity index (χ1n) is 11.5. The molecule has 2 fully saturated rings. The Bertz CT molecular complexity index is 831. The molecule has 2 saturated heterocycles. The zero-order valence-electron chi connectivity index (χ0n) is 18.2. The average molecular weight is 424 g/mol. The SMILES string of the molecule is O=C(CCC1CCCN(C(=O)Cn2cccn2)C1)N1CCN(Cc2ccccc2)CC1. The van der Waals surface area contributed by atoms with Gasteiger partial charge in [-0.15, -0.1) is 0 Å². The minimum absolute atomic E-state index is 0.120. The third kappa shape index (κ3) is 6.17. The molecule has 0 N–H and O–H groups in total. The van der Waals surface area contributed by atoms with E-state index >= 15 is 0 Å². The summed E-state index contributed by atoms with van der Waals surface area (Å²) in [7, 11) is 0. The van der Waals surface area contributed by atoms with Gasteiger partial charge in [0.2, 0.25) is 11.8 Å². The van der Waals surface area contributed by atoms with Gasteiger partial charge in [-0.1, -0.05) is 30.3 Å². The van der Waals surface area contributed by atoms with Gasteiger partial charge in [0.05, 0.1) is 0 Å². The van der Waals surface area contributed by atoms with E-state index in [4.69, 9.17) is 0 Å². The van der Waals surface area contributed by atoms with Crippen LogP contribution in [0.2, 0.25) is 0 Å². The number of likely N-dealkylation sites (tertiary alicyclic amines) is 1. The van der Waals surface area contributed by atoms with Crippen LogP contribution < -0.4 is 0 Å². The van der Waals surface area contributed by atoms with Crippen LogP contribution in [0.25, 0.3) is 0 Å². The molecule has 1 atom stereocenters. The van der Waals surface area contributed by atoms with Gasteiger partial charge in [-0.3, -0.25) is 19.2 Å². The predicted molar refractivity (Wildman–Crippen MR) is 119 cm³/mol. The Labute approximate surface area is 184 Å². The van der Waals surface area contributed by atoms with Crippen LogP contribution in [0, 0.1) is 5.92 Å². The van der Waals surface area contributed by atoms with Crippen molar-refractivity contribution in [3.05, 3.63) is 54.4 Å². The monoisotopic (exact) mass is 423 g/mol. The van der Waals surface area contributed by atoms with Crippen molar-refractivity contribution in [2.45, 2.75) is 38.8 Å². The number of aromatic nitrogens is 2. The predicted octanol–water partition coefficient (Wildman–Crippen LogP) is 2.25. The Morgan fingerprint density at radius 1 is 0.935 bits per heavy atom. The van der Waals surface area contributed by atoms with Crippen molar-refractivity contribution in [2.75, 3.05) is 39.3 Å². The third-order valence-electron chi connectivity index (χ3n) is 6.47. The van der Waals surface area contributed by atoms with Crippen LogP contribution in [0.15, 0.2) is 48.8 Å². The molecule has 1 unspecified atom stereocenters. The lowest BCUT2D eigenvalue weighted by Gasteiger charge is -2.36. The molecule has 1 aromatic carbocycles. The van der Waals surface area contributed by atoms with Crippen molar-refractivity contribution < 1.29 is 9.59 Å². The van der Waals surface area contributed by atoms with Crippen LogP contribution in [0.5, 0.6) is 0 Å². The molecule has 3 heterocycles. The molecule has 0 aliphatic carbocycles. The number of carbonyl (C=O) groups excluding carboxylic acids is 2. The molecular weight excluding hydrogens is 390 g/mol. The number of benzene rings is 1. The highest BCUT2D eigenvalue weighted by atomic mass is 16.2. The van der Waals surface area contributed by atoms with Crippen LogP contribution in [-0.2, 0) is 22.7 Å². The first-order chi connectivity index (χ1) is 15.2. The summed E-state index contributed by atoms with van der Waals surface area (Å²) in [5.74, 6) is 0.798. The van der Waals surface area contributed by atoms with E-state index < -0.39 is 0 Å². The van der Waals surface area contributed by atoms with Gasteiger partial charge in [-0.05, 0) is 36.8 Å². The summed E-state index contributed by atoms with van der Waals surface area (Å²) in [6, 6.07) is 12.3. The first kappa shape index (κ1) is 21.6. The van der Waals surface area contributed by atoms with Gasteiger partial charge in [0.15, 0.2) is 0 Å². The second-order valence-corrected chi connectivity index (χ2v) is 8.73. The Morgan fingerprint density at radius 2 is 1.74 bits per heavy atom. The van der Waals surface area contributed by atoms with E-state index in [0.29, 0.717) is 18.9 Å². The summed E-state index contributed by atoms with van der Waals surface area (Å²) in [4.78, 5) is 31.7. The molecule has 7 nitrogen and oxygen atoms in total. The molecule has 2 aliphatic heterocycles. The van der Waals surface area contributed by atoms with Gasteiger partial charge in [0.1, 0.15) is 6.54 Å². The Balaban J connectivity index is 1.17. The lowest BCUT2D eigenvalue weighted by atomic mass is 9.93. The van der Waals surface area contributed by atoms with Gasteiger partial charge < -0.3 is 9.80 Å². The lowest BCUT2D eigenvalue weighted by Crippen LogP contribution is -2.48. The highest BCUT2D eigenvalue weighted by molar-refractivity contribution is 5.77. The Kier molecular flexibility index (Phi) is 7.35. The molecule has 4 rings (SSSR count). The number of piperazine rings is 1. The standard InChI is InChI=1S/C24H33N5O2/c30-23(27-16-14-26(15-17-27)18-21-6-2-1-3-7-21)10-9-22-8-4-12-28(19-22)24(31)20-29-13-5-11-25-29/h1-3,5-7,11,13,22H,4,8-10,12,14-20H2. The quantitative estimate of drug-likeness (QED) is 0.685. The second-order valence-electron chi connectivity index (χ2n) is 8.73. The zero-order valence-corrected chi connectivity index (χ0v) is 18.2. The maximum atomic E-state index is 12.7. The highest BCUT2D eigenvalue weighted by Gasteiger charge is 2.26. The molecule has 0 spiro atoms. The van der Waals surface area contributed by atoms with Crippen molar-refractivity contribution >= 4 is 11.8 Å². The zero-order chi connectivity index (χ0) is 21.5. The summed E-state index contributed by atoms with van der Waals surface area (Å²) in [6.45, 7) is 6.31. The van der Waals surface area contributed by atoms with Crippen molar-refractivity contribution in [1.82, 2.24) is 24.5 Å². The van der Waals surface area contributed by atoms with E-state index in [0.717, 1.165) is 65.1 Å². The number of rotatable bonds is 7. The van der Waals surface area contributed by atoms with Crippen molar-refractivity contribution in [3.8, 4) is 0 Å². The van der Waals surface area contributed by atoms with E-state index in [1.165, 1.54) is 5.56 Å². The number of nitrogens with zero attached hydrogens (tertiary/aromatic N) is 5. The first-order valence-corrected chi connectivity index (χ1v) is 11.5. The van der Waals surface area contributed by atoms with Crippen LogP contribution in [0.1, 0.15) is 31.2 Å². The fraction of sp³-hybridized carbons (Fsp3) is 0.542. The van der Waals surface area contributed by atoms with E-state index in [1.807, 2.05) is 28.1 Å². The van der Waals surface area contributed by atoms with Crippen molar-refractivity contribution in [2.24, 2.45) is 5.92 Å². The molecule has 0 saturated carbocycles. The Morgan fingerprint density at radius 3 is 2.48 bits per heavy atom. The molecule has 2 aromatic rings. The number of amides is 2. The molecule has 31 heavy (non-hydrogen) atoms. The molecule has 0 radical (unpaired) electrons. The minimum atomic E-state index is 0.120. The summed E-state index contributed by atoms with van der Waals surface area (Å²) in [6.07, 6.45) is 7.09. The maximum absolute atomic E-state index is 12.7. The fourth-order valence-electron chi connectivity index (χ4n) is 4.64. The van der Waals surface area contributed by atoms with Gasteiger partial charge >= 0.3 is 0 Å². The number of hydrogen-bond acceptors (Lipinski definition) is 4. The van der Waals surface area contributed by atoms with E-state index in [2.05, 4.69) is 34.3 Å². The molecule has 7 heteroatoms. The normalized spacial score (nSPS) is 20.1. The van der Waals surface area contributed by atoms with Crippen LogP contribution in [0.4, 0.5) is 0 Å². The smallest absolute Gasteiger partial charge is 0.244 e. The van der Waals surface area contributed by atoms with Crippen molar-refractivity contribution in [3.63, 3.8) is 0 Å². The van der Waals surface area contributed by atoms with E-state index in [9.17, 15) is 9.59 Å². The number of piperidine rings is 1.